The maximum atomic E-state index is 12.9. The Balaban J connectivity index is 0.000000119. The summed E-state index contributed by atoms with van der Waals surface area (Å²) in [6.07, 6.45) is 21.2. The van der Waals surface area contributed by atoms with Gasteiger partial charge in [-0.2, -0.15) is 26.0 Å². The zero-order valence-electron chi connectivity index (χ0n) is 77.3. The molecule has 12 atom stereocenters. The van der Waals surface area contributed by atoms with Crippen molar-refractivity contribution in [3.8, 4) is 98.2 Å². The maximum absolute atomic E-state index is 12.9. The van der Waals surface area contributed by atoms with Crippen LogP contribution < -0.4 is 4.74 Å². The Kier molecular flexibility index (Phi) is 23.5. The number of ketones is 4. The highest BCUT2D eigenvalue weighted by atomic mass is 16.5. The maximum Gasteiger partial charge on any atom is 0.220 e. The normalized spacial score (nSPS) is 23.9. The molecule has 8 heterocycles. The van der Waals surface area contributed by atoms with Gasteiger partial charge in [0.1, 0.15) is 24.3 Å². The highest BCUT2D eigenvalue weighted by Crippen LogP contribution is 2.57. The molecule has 0 amide bonds. The van der Waals surface area contributed by atoms with E-state index in [4.69, 9.17) is 44.6 Å². The second-order valence-corrected chi connectivity index (χ2v) is 38.3. The van der Waals surface area contributed by atoms with Gasteiger partial charge in [-0.1, -0.05) is 208 Å². The number of benzene rings is 5. The number of hydrogen-bond acceptors (Lipinski definition) is 21. The summed E-state index contributed by atoms with van der Waals surface area (Å²) in [6, 6.07) is 60.9. The molecule has 0 fully saturated rings. The van der Waals surface area contributed by atoms with Crippen LogP contribution >= 0.6 is 0 Å². The Hall–Kier alpha value is -14.8. The van der Waals surface area contributed by atoms with Crippen molar-refractivity contribution in [2.75, 3.05) is 0 Å². The van der Waals surface area contributed by atoms with E-state index in [0.29, 0.717) is 29.2 Å². The minimum absolute atomic E-state index is 0.0445. The number of aromatic nitrogens is 12. The van der Waals surface area contributed by atoms with Crippen LogP contribution in [0.15, 0.2) is 229 Å². The lowest BCUT2D eigenvalue weighted by atomic mass is 9.57. The van der Waals surface area contributed by atoms with Crippen LogP contribution in [0, 0.1) is 107 Å². The molecule has 0 unspecified atom stereocenters. The molecule has 21 rings (SSSR count). The van der Waals surface area contributed by atoms with E-state index in [9.17, 15) is 40.2 Å². The SMILES string of the molecule is CC(C)Oc1nc(-c2ccnc3ccccc23)nc2c1CC[C@@H]1[C@@H](C)C(=O)C(C#N)=C[C@@]21C.CC(C)c1nc(-c2ccnc3ccccc23)nc2c1CC[C@@H]1[C@@H](C)C(=O)C(C#N)=C[C@@]21C.Cc1cc(-c2nc(-c3ccccc3)c3c(n2)[C@]2(C)C=C(C#N)C(=O)[C@H](C)[C@H]2CC3)ccn1.Cc1ccc(-c2nc(-c3ccnc4ccccc34)nc3c2CC[C@@H]2[C@@H](C)C(=O)C(C#N)=C[C@@]32C)cc1. The summed E-state index contributed by atoms with van der Waals surface area (Å²) in [5.74, 6) is 2.62. The predicted octanol–water partition coefficient (Wildman–Crippen LogP) is 21.4. The van der Waals surface area contributed by atoms with E-state index in [2.05, 4.69) is 135 Å². The van der Waals surface area contributed by atoms with Crippen LogP contribution in [-0.2, 0) is 66.5 Å². The first-order chi connectivity index (χ1) is 64.0. The minimum atomic E-state index is -0.554. The second-order valence-electron chi connectivity index (χ2n) is 38.3. The number of para-hydroxylation sites is 3. The highest BCUT2D eigenvalue weighted by Gasteiger charge is 2.55. The number of allylic oxidation sites excluding steroid dienone is 8. The molecule has 8 aromatic heterocycles. The molecule has 8 aliphatic rings. The van der Waals surface area contributed by atoms with Crippen LogP contribution in [0.4, 0.5) is 0 Å². The average molecular weight is 1750 g/mol. The Bertz CT molecular complexity index is 7310. The lowest BCUT2D eigenvalue weighted by Crippen LogP contribution is -2.46. The van der Waals surface area contributed by atoms with Gasteiger partial charge < -0.3 is 4.74 Å². The summed E-state index contributed by atoms with van der Waals surface area (Å²) in [4.78, 5) is 110. The van der Waals surface area contributed by atoms with Gasteiger partial charge in [0.15, 0.2) is 46.4 Å². The van der Waals surface area contributed by atoms with Crippen molar-refractivity contribution < 1.29 is 23.9 Å². The van der Waals surface area contributed by atoms with E-state index in [-0.39, 0.29) is 105 Å². The zero-order valence-corrected chi connectivity index (χ0v) is 77.3. The quantitative estimate of drug-likeness (QED) is 0.130. The molecule has 133 heavy (non-hydrogen) atoms. The third kappa shape index (κ3) is 15.6. The van der Waals surface area contributed by atoms with Crippen LogP contribution in [-0.4, -0.2) is 89.0 Å². The second kappa shape index (κ2) is 35.1. The number of nitriles is 4. The Labute approximate surface area is 774 Å². The lowest BCUT2D eigenvalue weighted by Gasteiger charge is -2.46. The van der Waals surface area contributed by atoms with E-state index < -0.39 is 21.7 Å². The van der Waals surface area contributed by atoms with Crippen molar-refractivity contribution in [1.29, 1.82) is 21.0 Å². The van der Waals surface area contributed by atoms with E-state index in [1.165, 1.54) is 11.1 Å². The van der Waals surface area contributed by atoms with E-state index in [1.54, 1.807) is 24.8 Å². The predicted molar refractivity (Wildman–Crippen MR) is 512 cm³/mol. The Morgan fingerprint density at radius 2 is 0.699 bits per heavy atom. The van der Waals surface area contributed by atoms with Crippen molar-refractivity contribution >= 4 is 55.8 Å². The van der Waals surface area contributed by atoms with Gasteiger partial charge in [0.25, 0.3) is 0 Å². The lowest BCUT2D eigenvalue weighted by molar-refractivity contribution is -0.122. The monoisotopic (exact) mass is 1750 g/mol. The summed E-state index contributed by atoms with van der Waals surface area (Å²) in [6.45, 7) is 28.6. The topological polar surface area (TPSA) is 327 Å². The first kappa shape index (κ1) is 88.8. The first-order valence-electron chi connectivity index (χ1n) is 46.1. The van der Waals surface area contributed by atoms with Crippen LogP contribution in [0.1, 0.15) is 177 Å². The largest absolute Gasteiger partial charge is 0.475 e. The third-order valence-corrected chi connectivity index (χ3v) is 29.4. The fourth-order valence-corrected chi connectivity index (χ4v) is 22.7. The van der Waals surface area contributed by atoms with Gasteiger partial charge in [0, 0.05) is 142 Å². The Morgan fingerprint density at radius 3 is 1.10 bits per heavy atom. The molecule has 0 bridgehead atoms. The molecule has 0 saturated carbocycles. The highest BCUT2D eigenvalue weighted by molar-refractivity contribution is 6.05. The van der Waals surface area contributed by atoms with Gasteiger partial charge in [-0.25, -0.2) is 34.9 Å². The number of carbonyl (C=O) groups excluding carboxylic acids is 4. The zero-order chi connectivity index (χ0) is 93.4. The molecule has 0 spiro atoms. The van der Waals surface area contributed by atoms with Gasteiger partial charge in [0.2, 0.25) is 5.88 Å². The van der Waals surface area contributed by atoms with Gasteiger partial charge in [0.05, 0.1) is 84.8 Å². The van der Waals surface area contributed by atoms with Gasteiger partial charge in [-0.3, -0.25) is 39.1 Å². The number of pyridine rings is 4. The van der Waals surface area contributed by atoms with Crippen LogP contribution in [0.2, 0.25) is 0 Å². The fraction of sp³-hybridized carbons (Fsp3) is 0.321. The molecule has 21 nitrogen and oxygen atoms in total. The number of ether oxygens (including phenoxy) is 1. The van der Waals surface area contributed by atoms with Crippen molar-refractivity contribution in [3.63, 3.8) is 0 Å². The molecule has 0 radical (unpaired) electrons. The van der Waals surface area contributed by atoms with Crippen molar-refractivity contribution in [2.45, 2.75) is 182 Å². The van der Waals surface area contributed by atoms with Crippen LogP contribution in [0.25, 0.3) is 101 Å². The number of Topliss-reactive ketones (excluding diaryl/α,β-unsaturated/α-hetero) is 4. The smallest absolute Gasteiger partial charge is 0.220 e. The molecule has 0 saturated heterocycles. The first-order valence-corrected chi connectivity index (χ1v) is 46.1. The average Bonchev–Trinajstić information content (AvgIpc) is 0.736. The van der Waals surface area contributed by atoms with Crippen molar-refractivity contribution in [2.24, 2.45) is 47.3 Å². The van der Waals surface area contributed by atoms with Gasteiger partial charge in [-0.15, -0.1) is 0 Å². The number of hydrogen-bond donors (Lipinski definition) is 0. The van der Waals surface area contributed by atoms with E-state index in [0.717, 1.165) is 180 Å². The number of fused-ring (bicyclic) bond motifs is 15. The number of rotatable bonds is 9. The van der Waals surface area contributed by atoms with Gasteiger partial charge >= 0.3 is 0 Å². The molecule has 21 heteroatoms. The van der Waals surface area contributed by atoms with E-state index >= 15 is 0 Å². The molecule has 8 aliphatic carbocycles. The number of carbonyl (C=O) groups is 4. The van der Waals surface area contributed by atoms with Crippen LogP contribution in [0.3, 0.4) is 0 Å². The van der Waals surface area contributed by atoms with E-state index in [1.807, 2.05) is 188 Å². The molecule has 5 aromatic carbocycles. The summed E-state index contributed by atoms with van der Waals surface area (Å²) < 4.78 is 6.19. The minimum Gasteiger partial charge on any atom is -0.475 e. The molecular weight excluding hydrogens is 1650 g/mol. The number of aryl methyl sites for hydroxylation is 2. The van der Waals surface area contributed by atoms with Gasteiger partial charge in [-0.05, 0) is 163 Å². The summed E-state index contributed by atoms with van der Waals surface area (Å²) in [7, 11) is 0. The Morgan fingerprint density at radius 1 is 0.361 bits per heavy atom. The summed E-state index contributed by atoms with van der Waals surface area (Å²) >= 11 is 0. The summed E-state index contributed by atoms with van der Waals surface area (Å²) in [5, 5.41) is 41.7. The standard InChI is InChI=1S/C31H26N4O.C27H26N4O2.C27H26N4O.C27H24N4O/c1-18-8-10-20(11-9-18)27-24-12-13-25-19(2)28(36)21(17-32)16-31(25,3)29(24)35-30(34-27)23-14-15-33-26-7-5-4-6-22(23)26;1-15(2)33-26-20-9-10-21-16(3)23(32)17(14-28)13-27(21,4)24(20)30-25(31-26)19-11-12-29-22-8-6-5-7-18(19)22;1-15(2)23-20-9-10-21-16(3)24(32)17(14-28)13-27(21,4)25(20)31-26(30-23)19-11-12-29-22-8-6-5-7-18(19)22;1-16-13-19(11-12-29-16)26-30-23(18-7-5-4-6-8-18)21-9-10-22-17(2)24(32)20(15-28)14-27(22,3)25(21)31-26/h4-11,14-16,19,25H,12-13H2,1-3H3;5-8,11-13,15-16,21H,9-10H2,1-4H3;5-8,11-13,15-16,21H,9-10H2,1-4H3;4-8,11-14,17,22H,9-10H2,1-3H3/t19-,25-,31-;2*16-,21-,27-;17-,22-,27-/m1111/s1. The summed E-state index contributed by atoms with van der Waals surface area (Å²) in [5.41, 5.74) is 20.3. The molecule has 13 aromatic rings. The fourth-order valence-electron chi connectivity index (χ4n) is 22.7. The molecule has 0 N–H and O–H groups in total. The molecular formula is C112H102N16O5. The van der Waals surface area contributed by atoms with Crippen LogP contribution in [0.5, 0.6) is 5.88 Å². The number of nitrogens with zero attached hydrogens (tertiary/aromatic N) is 16. The molecule has 0 aliphatic heterocycles. The third-order valence-electron chi connectivity index (χ3n) is 29.4. The molecule has 660 valence electrons. The van der Waals surface area contributed by atoms with Crippen molar-refractivity contribution in [3.05, 3.63) is 291 Å². The van der Waals surface area contributed by atoms with Crippen molar-refractivity contribution in [1.82, 2.24) is 59.8 Å².